The molecule has 0 fully saturated rings. The van der Waals surface area contributed by atoms with Gasteiger partial charge in [-0.1, -0.05) is 71.1 Å². The van der Waals surface area contributed by atoms with Crippen LogP contribution in [-0.4, -0.2) is 31.8 Å². The average molecular weight is 308 g/mol. The summed E-state index contributed by atoms with van der Waals surface area (Å²) in [5, 5.41) is 2.17. The van der Waals surface area contributed by atoms with Crippen molar-refractivity contribution >= 4 is 10.1 Å². The predicted octanol–water partition coefficient (Wildman–Crippen LogP) is 3.77. The van der Waals surface area contributed by atoms with Crippen LogP contribution in [-0.2, 0) is 10.1 Å². The molecule has 0 aromatic heterocycles. The van der Waals surface area contributed by atoms with E-state index in [-0.39, 0.29) is 0 Å². The molecule has 0 aliphatic rings. The molecule has 0 saturated carbocycles. The maximum atomic E-state index is 11.1. The summed E-state index contributed by atoms with van der Waals surface area (Å²) in [6.07, 6.45) is 12.9. The Kier molecular flexibility index (Phi) is 12.5. The van der Waals surface area contributed by atoms with E-state index in [0.717, 1.165) is 12.8 Å². The Morgan fingerprint density at radius 2 is 1.35 bits per heavy atom. The summed E-state index contributed by atoms with van der Waals surface area (Å²) in [7, 11) is -2.19. The first-order chi connectivity index (χ1) is 9.52. The van der Waals surface area contributed by atoms with Crippen LogP contribution in [0.25, 0.3) is 0 Å². The van der Waals surface area contributed by atoms with Gasteiger partial charge in [0, 0.05) is 6.54 Å². The Labute approximate surface area is 125 Å². The van der Waals surface area contributed by atoms with Gasteiger partial charge in [0.1, 0.15) is 0 Å². The highest BCUT2D eigenvalue weighted by Gasteiger charge is 2.21. The van der Waals surface area contributed by atoms with Crippen LogP contribution in [0.2, 0.25) is 0 Å². The van der Waals surface area contributed by atoms with Crippen LogP contribution in [0, 0.1) is 0 Å². The Morgan fingerprint density at radius 3 is 1.75 bits per heavy atom. The summed E-state index contributed by atoms with van der Waals surface area (Å²) < 4.78 is 31.3. The number of hydrogen-bond donors (Lipinski definition) is 2. The zero-order valence-electron chi connectivity index (χ0n) is 13.2. The van der Waals surface area contributed by atoms with Crippen LogP contribution in [0.15, 0.2) is 0 Å². The second-order valence-corrected chi connectivity index (χ2v) is 7.36. The average Bonchev–Trinajstić information content (AvgIpc) is 2.38. The van der Waals surface area contributed by atoms with Crippen molar-refractivity contribution in [3.63, 3.8) is 0 Å². The van der Waals surface area contributed by atoms with Crippen LogP contribution in [0.5, 0.6) is 0 Å². The molecule has 122 valence electrons. The van der Waals surface area contributed by atoms with Crippen LogP contribution in [0.4, 0.5) is 0 Å². The fourth-order valence-electron chi connectivity index (χ4n) is 2.44. The Hall–Kier alpha value is -0.130. The molecule has 0 saturated heterocycles. The van der Waals surface area contributed by atoms with Gasteiger partial charge in [0.05, 0.1) is 5.25 Å². The lowest BCUT2D eigenvalue weighted by Gasteiger charge is -2.12. The molecule has 0 spiro atoms. The number of rotatable bonds is 14. The maximum Gasteiger partial charge on any atom is 0.269 e. The second-order valence-electron chi connectivity index (χ2n) is 5.67. The lowest BCUT2D eigenvalue weighted by molar-refractivity contribution is 0.451. The molecule has 0 amide bonds. The van der Waals surface area contributed by atoms with Gasteiger partial charge in [0.25, 0.3) is 10.1 Å². The molecule has 0 radical (unpaired) electrons. The van der Waals surface area contributed by atoms with Crippen molar-refractivity contribution in [2.75, 3.05) is 13.6 Å². The highest BCUT2D eigenvalue weighted by Crippen LogP contribution is 2.14. The lowest BCUT2D eigenvalue weighted by atomic mass is 10.1. The summed E-state index contributed by atoms with van der Waals surface area (Å²) in [5.41, 5.74) is 0. The largest absolute Gasteiger partial charge is 0.318 e. The molecule has 0 bridgehead atoms. The summed E-state index contributed by atoms with van der Waals surface area (Å²) >= 11 is 0. The third-order valence-corrected chi connectivity index (χ3v) is 4.98. The van der Waals surface area contributed by atoms with Crippen molar-refractivity contribution < 1.29 is 13.0 Å². The van der Waals surface area contributed by atoms with Gasteiger partial charge in [-0.25, -0.2) is 0 Å². The van der Waals surface area contributed by atoms with Crippen molar-refractivity contribution in [2.45, 2.75) is 82.8 Å². The van der Waals surface area contributed by atoms with E-state index in [4.69, 9.17) is 4.55 Å². The number of nitrogens with one attached hydrogen (secondary N) is 1. The summed E-state index contributed by atoms with van der Waals surface area (Å²) in [4.78, 5) is 0. The standard InChI is InChI=1S/C15H33NO3S/c1-3-4-5-6-7-8-9-10-11-12-13-15(14-16-2)20(17,18)19/h15-16H,3-14H2,1-2H3,(H,17,18,19). The minimum atomic E-state index is -3.90. The first kappa shape index (κ1) is 19.9. The van der Waals surface area contributed by atoms with Gasteiger partial charge in [-0.2, -0.15) is 8.42 Å². The third kappa shape index (κ3) is 11.7. The van der Waals surface area contributed by atoms with Crippen LogP contribution >= 0.6 is 0 Å². The molecule has 4 nitrogen and oxygen atoms in total. The first-order valence-electron chi connectivity index (χ1n) is 8.13. The van der Waals surface area contributed by atoms with Crippen molar-refractivity contribution in [3.05, 3.63) is 0 Å². The Balaban J connectivity index is 3.46. The zero-order chi connectivity index (χ0) is 15.3. The Morgan fingerprint density at radius 1 is 0.900 bits per heavy atom. The van der Waals surface area contributed by atoms with E-state index in [2.05, 4.69) is 12.2 Å². The van der Waals surface area contributed by atoms with E-state index in [1.807, 2.05) is 0 Å². The molecule has 1 unspecified atom stereocenters. The Bertz CT molecular complexity index is 304. The zero-order valence-corrected chi connectivity index (χ0v) is 14.1. The van der Waals surface area contributed by atoms with Gasteiger partial charge < -0.3 is 5.32 Å². The van der Waals surface area contributed by atoms with E-state index >= 15 is 0 Å². The number of hydrogen-bond acceptors (Lipinski definition) is 3. The van der Waals surface area contributed by atoms with E-state index < -0.39 is 15.4 Å². The SMILES string of the molecule is CCCCCCCCCCCCC(CNC)S(=O)(=O)O. The topological polar surface area (TPSA) is 66.4 Å². The minimum absolute atomic E-state index is 0.330. The highest BCUT2D eigenvalue weighted by molar-refractivity contribution is 7.86. The van der Waals surface area contributed by atoms with Crippen molar-refractivity contribution in [2.24, 2.45) is 0 Å². The molecule has 0 aliphatic heterocycles. The normalized spacial score (nSPS) is 13.6. The molecule has 2 N–H and O–H groups in total. The van der Waals surface area contributed by atoms with Crippen molar-refractivity contribution in [3.8, 4) is 0 Å². The fourth-order valence-corrected chi connectivity index (χ4v) is 3.29. The van der Waals surface area contributed by atoms with Crippen LogP contribution in [0.1, 0.15) is 77.6 Å². The second kappa shape index (κ2) is 12.6. The van der Waals surface area contributed by atoms with Gasteiger partial charge in [-0.15, -0.1) is 0 Å². The quantitative estimate of drug-likeness (QED) is 0.379. The monoisotopic (exact) mass is 307 g/mol. The number of unbranched alkanes of at least 4 members (excludes halogenated alkanes) is 9. The lowest BCUT2D eigenvalue weighted by Crippen LogP contribution is -2.31. The van der Waals surface area contributed by atoms with Gasteiger partial charge in [-0.05, 0) is 13.5 Å². The smallest absolute Gasteiger partial charge is 0.269 e. The summed E-state index contributed by atoms with van der Waals surface area (Å²) in [5.74, 6) is 0. The molecule has 5 heteroatoms. The highest BCUT2D eigenvalue weighted by atomic mass is 32.2. The third-order valence-electron chi connectivity index (χ3n) is 3.73. The van der Waals surface area contributed by atoms with E-state index in [0.29, 0.717) is 13.0 Å². The van der Waals surface area contributed by atoms with Crippen LogP contribution in [0.3, 0.4) is 0 Å². The van der Waals surface area contributed by atoms with Gasteiger partial charge >= 0.3 is 0 Å². The van der Waals surface area contributed by atoms with E-state index in [1.165, 1.54) is 51.4 Å². The summed E-state index contributed by atoms with van der Waals surface area (Å²) in [6, 6.07) is 0. The molecule has 0 aromatic rings. The minimum Gasteiger partial charge on any atom is -0.318 e. The van der Waals surface area contributed by atoms with E-state index in [1.54, 1.807) is 7.05 Å². The molecular formula is C15H33NO3S. The van der Waals surface area contributed by atoms with Crippen molar-refractivity contribution in [1.29, 1.82) is 0 Å². The molecule has 0 heterocycles. The molecule has 0 aliphatic carbocycles. The summed E-state index contributed by atoms with van der Waals surface area (Å²) in [6.45, 7) is 2.56. The maximum absolute atomic E-state index is 11.1. The molecule has 0 aromatic carbocycles. The van der Waals surface area contributed by atoms with Gasteiger partial charge in [0.15, 0.2) is 0 Å². The van der Waals surface area contributed by atoms with E-state index in [9.17, 15) is 8.42 Å². The van der Waals surface area contributed by atoms with Gasteiger partial charge in [0.2, 0.25) is 0 Å². The molecule has 20 heavy (non-hydrogen) atoms. The molecular weight excluding hydrogens is 274 g/mol. The van der Waals surface area contributed by atoms with Crippen LogP contribution < -0.4 is 5.32 Å². The first-order valence-corrected chi connectivity index (χ1v) is 9.63. The molecule has 0 rings (SSSR count). The molecule has 1 atom stereocenters. The predicted molar refractivity (Wildman–Crippen MR) is 85.7 cm³/mol. The fraction of sp³-hybridized carbons (Fsp3) is 1.00. The van der Waals surface area contributed by atoms with Crippen molar-refractivity contribution in [1.82, 2.24) is 5.32 Å². The van der Waals surface area contributed by atoms with Gasteiger partial charge in [-0.3, -0.25) is 4.55 Å².